The topological polar surface area (TPSA) is 38.1 Å². The molecule has 19 heavy (non-hydrogen) atoms. The Kier molecular flexibility index (Phi) is 3.38. The monoisotopic (exact) mass is 275 g/mol. The third-order valence-corrected chi connectivity index (χ3v) is 4.70. The van der Waals surface area contributed by atoms with Gasteiger partial charge in [0.2, 0.25) is 5.91 Å². The summed E-state index contributed by atoms with van der Waals surface area (Å²) >= 11 is 1.74. The summed E-state index contributed by atoms with van der Waals surface area (Å²) in [5.74, 6) is 0.255. The van der Waals surface area contributed by atoms with Gasteiger partial charge in [-0.05, 0) is 30.4 Å². The van der Waals surface area contributed by atoms with Gasteiger partial charge in [-0.1, -0.05) is 6.07 Å². The van der Waals surface area contributed by atoms with Gasteiger partial charge in [0.15, 0.2) is 0 Å². The minimum absolute atomic E-state index is 0.255. The van der Waals surface area contributed by atoms with Crippen LogP contribution in [-0.2, 0) is 18.3 Å². The zero-order chi connectivity index (χ0) is 13.2. The molecule has 100 valence electrons. The van der Waals surface area contributed by atoms with Gasteiger partial charge in [0, 0.05) is 36.8 Å². The minimum Gasteiger partial charge on any atom is -0.335 e. The highest BCUT2D eigenvalue weighted by molar-refractivity contribution is 7.10. The molecule has 1 fully saturated rings. The van der Waals surface area contributed by atoms with E-state index in [1.54, 1.807) is 17.5 Å². The van der Waals surface area contributed by atoms with E-state index in [0.29, 0.717) is 12.5 Å². The molecule has 0 saturated carbocycles. The Balaban J connectivity index is 1.58. The number of carbonyl (C=O) groups is 1. The van der Waals surface area contributed by atoms with Gasteiger partial charge in [-0.15, -0.1) is 11.3 Å². The Morgan fingerprint density at radius 3 is 3.00 bits per heavy atom. The summed E-state index contributed by atoms with van der Waals surface area (Å²) in [6.07, 6.45) is 4.21. The lowest BCUT2D eigenvalue weighted by Gasteiger charge is -2.40. The molecule has 1 amide bonds. The first-order valence-corrected chi connectivity index (χ1v) is 7.43. The van der Waals surface area contributed by atoms with Gasteiger partial charge in [-0.2, -0.15) is 5.10 Å². The van der Waals surface area contributed by atoms with E-state index in [1.807, 2.05) is 22.7 Å². The minimum atomic E-state index is 0.255. The van der Waals surface area contributed by atoms with Gasteiger partial charge in [0.1, 0.15) is 0 Å². The van der Waals surface area contributed by atoms with Crippen LogP contribution >= 0.6 is 11.3 Å². The van der Waals surface area contributed by atoms with Crippen molar-refractivity contribution in [3.05, 3.63) is 40.3 Å². The molecule has 0 bridgehead atoms. The fourth-order valence-electron chi connectivity index (χ4n) is 2.49. The molecule has 3 rings (SSSR count). The maximum atomic E-state index is 12.2. The average Bonchev–Trinajstić information content (AvgIpc) is 2.97. The number of aryl methyl sites for hydroxylation is 2. The van der Waals surface area contributed by atoms with E-state index in [4.69, 9.17) is 0 Å². The average molecular weight is 275 g/mol. The van der Waals surface area contributed by atoms with Crippen LogP contribution in [0.4, 0.5) is 0 Å². The van der Waals surface area contributed by atoms with Crippen LogP contribution in [0.1, 0.15) is 29.5 Å². The van der Waals surface area contributed by atoms with Crippen molar-refractivity contribution in [1.82, 2.24) is 14.7 Å². The van der Waals surface area contributed by atoms with Crippen molar-refractivity contribution in [1.29, 1.82) is 0 Å². The fraction of sp³-hybridized carbons (Fsp3) is 0.429. The lowest BCUT2D eigenvalue weighted by Crippen LogP contribution is -2.44. The summed E-state index contributed by atoms with van der Waals surface area (Å²) in [4.78, 5) is 15.5. The van der Waals surface area contributed by atoms with Crippen molar-refractivity contribution in [2.45, 2.75) is 25.3 Å². The van der Waals surface area contributed by atoms with Crippen LogP contribution in [0.15, 0.2) is 29.8 Å². The second-order valence-electron chi connectivity index (χ2n) is 4.85. The molecule has 1 atom stereocenters. The highest BCUT2D eigenvalue weighted by Gasteiger charge is 2.33. The number of hydrogen-bond acceptors (Lipinski definition) is 3. The van der Waals surface area contributed by atoms with Crippen molar-refractivity contribution >= 4 is 17.2 Å². The first-order chi connectivity index (χ1) is 9.25. The Labute approximate surface area is 116 Å². The molecule has 0 radical (unpaired) electrons. The van der Waals surface area contributed by atoms with Crippen molar-refractivity contribution in [3.8, 4) is 0 Å². The largest absolute Gasteiger partial charge is 0.335 e. The number of hydrogen-bond donors (Lipinski definition) is 0. The Morgan fingerprint density at radius 2 is 2.42 bits per heavy atom. The number of rotatable bonds is 4. The Bertz CT molecular complexity index is 561. The molecule has 1 aliphatic heterocycles. The standard InChI is InChI=1S/C14H17N3OS/c1-16-11(6-8-15-16)4-5-14(18)17-9-7-12(17)13-3-2-10-19-13/h2-3,6,8,10,12H,4-5,7,9H2,1H3. The summed E-state index contributed by atoms with van der Waals surface area (Å²) < 4.78 is 1.83. The molecule has 0 N–H and O–H groups in total. The predicted octanol–water partition coefficient (Wildman–Crippen LogP) is 2.39. The Hall–Kier alpha value is -1.62. The second-order valence-corrected chi connectivity index (χ2v) is 5.83. The van der Waals surface area contributed by atoms with Crippen molar-refractivity contribution in [3.63, 3.8) is 0 Å². The number of amides is 1. The highest BCUT2D eigenvalue weighted by Crippen LogP contribution is 2.36. The van der Waals surface area contributed by atoms with Gasteiger partial charge in [-0.3, -0.25) is 9.48 Å². The first-order valence-electron chi connectivity index (χ1n) is 6.55. The second kappa shape index (κ2) is 5.17. The van der Waals surface area contributed by atoms with E-state index >= 15 is 0 Å². The molecule has 4 nitrogen and oxygen atoms in total. The molecule has 5 heteroatoms. The van der Waals surface area contributed by atoms with Crippen LogP contribution in [0.3, 0.4) is 0 Å². The molecule has 2 aromatic heterocycles. The van der Waals surface area contributed by atoms with E-state index in [1.165, 1.54) is 4.88 Å². The van der Waals surface area contributed by atoms with Crippen LogP contribution in [-0.4, -0.2) is 27.1 Å². The molecule has 1 saturated heterocycles. The number of likely N-dealkylation sites (tertiary alicyclic amines) is 1. The molecule has 0 aliphatic carbocycles. The van der Waals surface area contributed by atoms with E-state index in [9.17, 15) is 4.79 Å². The zero-order valence-electron chi connectivity index (χ0n) is 11.0. The van der Waals surface area contributed by atoms with Gasteiger partial charge in [0.25, 0.3) is 0 Å². The van der Waals surface area contributed by atoms with Crippen LogP contribution in [0.5, 0.6) is 0 Å². The van der Waals surface area contributed by atoms with E-state index in [0.717, 1.165) is 25.1 Å². The number of aromatic nitrogens is 2. The maximum absolute atomic E-state index is 12.2. The van der Waals surface area contributed by atoms with Crippen LogP contribution in [0.2, 0.25) is 0 Å². The molecule has 1 unspecified atom stereocenters. The van der Waals surface area contributed by atoms with E-state index in [-0.39, 0.29) is 5.91 Å². The number of thiophene rings is 1. The summed E-state index contributed by atoms with van der Waals surface area (Å²) in [6.45, 7) is 0.896. The van der Waals surface area contributed by atoms with Crippen LogP contribution in [0.25, 0.3) is 0 Å². The molecule has 0 spiro atoms. The molecule has 2 aromatic rings. The molecule has 1 aliphatic rings. The third kappa shape index (κ3) is 2.42. The van der Waals surface area contributed by atoms with Crippen LogP contribution in [0, 0.1) is 0 Å². The lowest BCUT2D eigenvalue weighted by atomic mass is 10.0. The third-order valence-electron chi connectivity index (χ3n) is 3.73. The molecular formula is C14H17N3OS. The summed E-state index contributed by atoms with van der Waals surface area (Å²) in [5.41, 5.74) is 1.11. The quantitative estimate of drug-likeness (QED) is 0.859. The van der Waals surface area contributed by atoms with E-state index in [2.05, 4.69) is 22.6 Å². The summed E-state index contributed by atoms with van der Waals surface area (Å²) in [6, 6.07) is 6.46. The van der Waals surface area contributed by atoms with Gasteiger partial charge < -0.3 is 4.90 Å². The van der Waals surface area contributed by atoms with Crippen LogP contribution < -0.4 is 0 Å². The first kappa shape index (κ1) is 12.4. The maximum Gasteiger partial charge on any atom is 0.223 e. The van der Waals surface area contributed by atoms with Crippen molar-refractivity contribution < 1.29 is 4.79 Å². The summed E-state index contributed by atoms with van der Waals surface area (Å²) in [7, 11) is 1.91. The summed E-state index contributed by atoms with van der Waals surface area (Å²) in [5, 5.41) is 6.20. The molecular weight excluding hydrogens is 258 g/mol. The van der Waals surface area contributed by atoms with Gasteiger partial charge in [-0.25, -0.2) is 0 Å². The lowest BCUT2D eigenvalue weighted by molar-refractivity contribution is -0.139. The highest BCUT2D eigenvalue weighted by atomic mass is 32.1. The zero-order valence-corrected chi connectivity index (χ0v) is 11.8. The predicted molar refractivity (Wildman–Crippen MR) is 74.9 cm³/mol. The van der Waals surface area contributed by atoms with Gasteiger partial charge in [0.05, 0.1) is 6.04 Å². The number of nitrogens with zero attached hydrogens (tertiary/aromatic N) is 3. The van der Waals surface area contributed by atoms with Gasteiger partial charge >= 0.3 is 0 Å². The SMILES string of the molecule is Cn1nccc1CCC(=O)N1CCC1c1cccs1. The molecule has 3 heterocycles. The van der Waals surface area contributed by atoms with Crippen molar-refractivity contribution in [2.75, 3.05) is 6.54 Å². The fourth-order valence-corrected chi connectivity index (χ4v) is 3.36. The van der Waals surface area contributed by atoms with Crippen molar-refractivity contribution in [2.24, 2.45) is 7.05 Å². The Morgan fingerprint density at radius 1 is 1.53 bits per heavy atom. The normalized spacial score (nSPS) is 18.4. The number of carbonyl (C=O) groups excluding carboxylic acids is 1. The molecule has 0 aromatic carbocycles. The van der Waals surface area contributed by atoms with E-state index < -0.39 is 0 Å². The smallest absolute Gasteiger partial charge is 0.223 e.